The lowest BCUT2D eigenvalue weighted by molar-refractivity contribution is -0.126. The number of nitrogens with zero attached hydrogens (tertiary/aromatic N) is 1. The molecule has 0 saturated carbocycles. The van der Waals surface area contributed by atoms with Gasteiger partial charge in [0.15, 0.2) is 0 Å². The van der Waals surface area contributed by atoms with Crippen molar-refractivity contribution in [3.8, 4) is 11.1 Å². The van der Waals surface area contributed by atoms with Crippen molar-refractivity contribution in [1.29, 1.82) is 0 Å². The third kappa shape index (κ3) is 4.91. The molecule has 2 aromatic rings. The molecule has 27 heavy (non-hydrogen) atoms. The number of nitrogens with one attached hydrogen (secondary N) is 1. The minimum absolute atomic E-state index is 0.0172. The van der Waals surface area contributed by atoms with Gasteiger partial charge in [0, 0.05) is 17.6 Å². The molecule has 0 bridgehead atoms. The molecule has 2 atom stereocenters. The van der Waals surface area contributed by atoms with Crippen molar-refractivity contribution in [3.05, 3.63) is 58.6 Å². The lowest BCUT2D eigenvalue weighted by Crippen LogP contribution is -2.45. The second-order valence-corrected chi connectivity index (χ2v) is 8.02. The van der Waals surface area contributed by atoms with Gasteiger partial charge in [-0.05, 0) is 74.0 Å². The van der Waals surface area contributed by atoms with Crippen LogP contribution in [0, 0.1) is 6.92 Å². The molecule has 1 N–H and O–H groups in total. The van der Waals surface area contributed by atoms with Crippen LogP contribution in [-0.2, 0) is 11.3 Å². The molecule has 144 valence electrons. The van der Waals surface area contributed by atoms with Gasteiger partial charge < -0.3 is 5.32 Å². The molecular formula is C23H29ClN2O. The largest absolute Gasteiger partial charge is 0.352 e. The summed E-state index contributed by atoms with van der Waals surface area (Å²) >= 11 is 6.30. The molecule has 0 aliphatic carbocycles. The van der Waals surface area contributed by atoms with Crippen molar-refractivity contribution in [2.24, 2.45) is 0 Å². The first-order chi connectivity index (χ1) is 13.0. The highest BCUT2D eigenvalue weighted by molar-refractivity contribution is 6.31. The number of carbonyl (C=O) groups excluding carboxylic acids is 1. The molecule has 0 spiro atoms. The standard InChI is InChI=1S/C23H29ClN2O/c1-4-17(3)25-23(27)22-9-6-12-26(22)15-18-7-5-8-19(13-18)20-11-10-16(2)21(24)14-20/h5,7-8,10-11,13-14,17,22H,4,6,9,12,15H2,1-3H3,(H,25,27). The highest BCUT2D eigenvalue weighted by Crippen LogP contribution is 2.27. The monoisotopic (exact) mass is 384 g/mol. The fourth-order valence-corrected chi connectivity index (χ4v) is 3.79. The number of halogens is 1. The van der Waals surface area contributed by atoms with Crippen molar-refractivity contribution in [2.45, 2.75) is 58.7 Å². The van der Waals surface area contributed by atoms with Gasteiger partial charge in [-0.15, -0.1) is 0 Å². The average molecular weight is 385 g/mol. The third-order valence-electron chi connectivity index (χ3n) is 5.49. The van der Waals surface area contributed by atoms with Crippen LogP contribution in [-0.4, -0.2) is 29.4 Å². The Morgan fingerprint density at radius 1 is 1.26 bits per heavy atom. The Bertz CT molecular complexity index is 805. The van der Waals surface area contributed by atoms with E-state index in [4.69, 9.17) is 11.6 Å². The highest BCUT2D eigenvalue weighted by atomic mass is 35.5. The zero-order valence-electron chi connectivity index (χ0n) is 16.5. The van der Waals surface area contributed by atoms with E-state index in [9.17, 15) is 4.79 Å². The Morgan fingerprint density at radius 3 is 2.78 bits per heavy atom. The van der Waals surface area contributed by atoms with E-state index < -0.39 is 0 Å². The van der Waals surface area contributed by atoms with Crippen molar-refractivity contribution in [1.82, 2.24) is 10.2 Å². The number of hydrogen-bond acceptors (Lipinski definition) is 2. The maximum absolute atomic E-state index is 12.6. The first-order valence-corrected chi connectivity index (χ1v) is 10.3. The maximum Gasteiger partial charge on any atom is 0.237 e. The summed E-state index contributed by atoms with van der Waals surface area (Å²) in [6, 6.07) is 15.0. The SMILES string of the molecule is CCC(C)NC(=O)C1CCCN1Cc1cccc(-c2ccc(C)c(Cl)c2)c1. The van der Waals surface area contributed by atoms with Crippen LogP contribution in [0.5, 0.6) is 0 Å². The van der Waals surface area contributed by atoms with Crippen molar-refractivity contribution in [3.63, 3.8) is 0 Å². The Morgan fingerprint density at radius 2 is 2.04 bits per heavy atom. The minimum atomic E-state index is -0.0172. The van der Waals surface area contributed by atoms with Crippen LogP contribution in [0.1, 0.15) is 44.2 Å². The summed E-state index contributed by atoms with van der Waals surface area (Å²) in [4.78, 5) is 14.9. The molecule has 1 aliphatic heterocycles. The lowest BCUT2D eigenvalue weighted by atomic mass is 10.0. The van der Waals surface area contributed by atoms with Crippen LogP contribution in [0.3, 0.4) is 0 Å². The van der Waals surface area contributed by atoms with Gasteiger partial charge in [-0.25, -0.2) is 0 Å². The number of amides is 1. The van der Waals surface area contributed by atoms with E-state index in [1.165, 1.54) is 5.56 Å². The second-order valence-electron chi connectivity index (χ2n) is 7.61. The fraction of sp³-hybridized carbons (Fsp3) is 0.435. The van der Waals surface area contributed by atoms with E-state index >= 15 is 0 Å². The van der Waals surface area contributed by atoms with E-state index in [-0.39, 0.29) is 18.0 Å². The highest BCUT2D eigenvalue weighted by Gasteiger charge is 2.30. The molecular weight excluding hydrogens is 356 g/mol. The van der Waals surface area contributed by atoms with Gasteiger partial charge in [0.05, 0.1) is 6.04 Å². The van der Waals surface area contributed by atoms with Crippen LogP contribution < -0.4 is 5.32 Å². The molecule has 2 unspecified atom stereocenters. The number of benzene rings is 2. The first kappa shape index (κ1) is 19.9. The normalized spacial score (nSPS) is 18.4. The van der Waals surface area contributed by atoms with Crippen molar-refractivity contribution in [2.75, 3.05) is 6.54 Å². The Balaban J connectivity index is 1.73. The van der Waals surface area contributed by atoms with Gasteiger partial charge in [0.2, 0.25) is 5.91 Å². The summed E-state index contributed by atoms with van der Waals surface area (Å²) in [5.74, 6) is 0.170. The summed E-state index contributed by atoms with van der Waals surface area (Å²) in [5, 5.41) is 3.93. The predicted octanol–water partition coefficient (Wildman–Crippen LogP) is 5.19. The van der Waals surface area contributed by atoms with E-state index in [1.807, 2.05) is 13.0 Å². The van der Waals surface area contributed by atoms with E-state index in [0.29, 0.717) is 0 Å². The van der Waals surface area contributed by atoms with Gasteiger partial charge in [-0.3, -0.25) is 9.69 Å². The Hall–Kier alpha value is -1.84. The zero-order chi connectivity index (χ0) is 19.4. The van der Waals surface area contributed by atoms with Gasteiger partial charge in [-0.2, -0.15) is 0 Å². The number of likely N-dealkylation sites (tertiary alicyclic amines) is 1. The van der Waals surface area contributed by atoms with Crippen molar-refractivity contribution >= 4 is 17.5 Å². The van der Waals surface area contributed by atoms with E-state index in [0.717, 1.165) is 54.1 Å². The fourth-order valence-electron chi connectivity index (χ4n) is 3.61. The molecule has 1 heterocycles. The molecule has 3 nitrogen and oxygen atoms in total. The molecule has 2 aromatic carbocycles. The molecule has 1 saturated heterocycles. The Labute approximate surface area is 167 Å². The molecule has 1 fully saturated rings. The van der Waals surface area contributed by atoms with Crippen LogP contribution in [0.15, 0.2) is 42.5 Å². The summed E-state index contributed by atoms with van der Waals surface area (Å²) < 4.78 is 0. The van der Waals surface area contributed by atoms with Gasteiger partial charge in [0.25, 0.3) is 0 Å². The average Bonchev–Trinajstić information content (AvgIpc) is 3.12. The number of carbonyl (C=O) groups is 1. The topological polar surface area (TPSA) is 32.3 Å². The van der Waals surface area contributed by atoms with Gasteiger partial charge in [0.1, 0.15) is 0 Å². The van der Waals surface area contributed by atoms with Crippen LogP contribution >= 0.6 is 11.6 Å². The zero-order valence-corrected chi connectivity index (χ0v) is 17.2. The summed E-state index contributed by atoms with van der Waals surface area (Å²) in [6.07, 6.45) is 2.97. The van der Waals surface area contributed by atoms with Crippen LogP contribution in [0.4, 0.5) is 0 Å². The van der Waals surface area contributed by atoms with Crippen LogP contribution in [0.2, 0.25) is 5.02 Å². The molecule has 3 rings (SSSR count). The van der Waals surface area contributed by atoms with E-state index in [1.54, 1.807) is 0 Å². The second kappa shape index (κ2) is 8.90. The summed E-state index contributed by atoms with van der Waals surface area (Å²) in [7, 11) is 0. The lowest BCUT2D eigenvalue weighted by Gasteiger charge is -2.25. The summed E-state index contributed by atoms with van der Waals surface area (Å²) in [6.45, 7) is 7.94. The van der Waals surface area contributed by atoms with Gasteiger partial charge in [-0.1, -0.05) is 48.9 Å². The molecule has 4 heteroatoms. The minimum Gasteiger partial charge on any atom is -0.352 e. The molecule has 0 aromatic heterocycles. The summed E-state index contributed by atoms with van der Waals surface area (Å²) in [5.41, 5.74) is 4.60. The number of aryl methyl sites for hydroxylation is 1. The first-order valence-electron chi connectivity index (χ1n) is 9.88. The van der Waals surface area contributed by atoms with Gasteiger partial charge >= 0.3 is 0 Å². The Kier molecular flexibility index (Phi) is 6.56. The van der Waals surface area contributed by atoms with Crippen LogP contribution in [0.25, 0.3) is 11.1 Å². The molecule has 1 amide bonds. The number of hydrogen-bond donors (Lipinski definition) is 1. The smallest absolute Gasteiger partial charge is 0.237 e. The molecule has 1 aliphatic rings. The predicted molar refractivity (Wildman–Crippen MR) is 113 cm³/mol. The molecule has 0 radical (unpaired) electrons. The third-order valence-corrected chi connectivity index (χ3v) is 5.89. The van der Waals surface area contributed by atoms with E-state index in [2.05, 4.69) is 60.5 Å². The maximum atomic E-state index is 12.6. The number of rotatable bonds is 6. The quantitative estimate of drug-likeness (QED) is 0.742. The van der Waals surface area contributed by atoms with Crippen molar-refractivity contribution < 1.29 is 4.79 Å².